The van der Waals surface area contributed by atoms with Gasteiger partial charge in [0.1, 0.15) is 5.75 Å². The van der Waals surface area contributed by atoms with Crippen LogP contribution in [-0.4, -0.2) is 33.3 Å². The zero-order valence-electron chi connectivity index (χ0n) is 10.8. The van der Waals surface area contributed by atoms with Crippen molar-refractivity contribution in [2.75, 3.05) is 27.3 Å². The summed E-state index contributed by atoms with van der Waals surface area (Å²) in [6.07, 6.45) is 0.826. The Labute approximate surface area is 107 Å². The third kappa shape index (κ3) is 2.82. The number of hydrogen-bond donors (Lipinski definition) is 1. The van der Waals surface area contributed by atoms with E-state index in [1.54, 1.807) is 7.11 Å². The molecule has 1 aliphatic heterocycles. The molecule has 1 aromatic carbocycles. The van der Waals surface area contributed by atoms with Gasteiger partial charge < -0.3 is 14.8 Å². The molecular formula is C14H19NO3. The summed E-state index contributed by atoms with van der Waals surface area (Å²) in [4.78, 5) is 11.6. The maximum absolute atomic E-state index is 11.6. The molecule has 1 N–H and O–H groups in total. The molecule has 1 heterocycles. The molecule has 2 rings (SSSR count). The van der Waals surface area contributed by atoms with E-state index in [0.29, 0.717) is 12.5 Å². The predicted octanol–water partition coefficient (Wildman–Crippen LogP) is 1.56. The van der Waals surface area contributed by atoms with Crippen LogP contribution in [0.3, 0.4) is 0 Å². The van der Waals surface area contributed by atoms with Crippen LogP contribution in [0.5, 0.6) is 5.75 Å². The largest absolute Gasteiger partial charge is 0.497 e. The Morgan fingerprint density at radius 2 is 2.17 bits per heavy atom. The first-order valence-electron chi connectivity index (χ1n) is 6.17. The van der Waals surface area contributed by atoms with Gasteiger partial charge in [-0.3, -0.25) is 4.79 Å². The Morgan fingerprint density at radius 1 is 1.33 bits per heavy atom. The summed E-state index contributed by atoms with van der Waals surface area (Å²) in [5.41, 5.74) is 1.20. The van der Waals surface area contributed by atoms with E-state index in [0.717, 1.165) is 18.7 Å². The van der Waals surface area contributed by atoms with Crippen molar-refractivity contribution in [3.8, 4) is 5.75 Å². The van der Waals surface area contributed by atoms with Crippen molar-refractivity contribution in [2.24, 2.45) is 5.92 Å². The monoisotopic (exact) mass is 249 g/mol. The normalized spacial score (nSPS) is 23.4. The van der Waals surface area contributed by atoms with E-state index < -0.39 is 0 Å². The number of benzene rings is 1. The second-order valence-electron chi connectivity index (χ2n) is 4.59. The lowest BCUT2D eigenvalue weighted by Crippen LogP contribution is -2.39. The smallest absolute Gasteiger partial charge is 0.309 e. The molecule has 2 atom stereocenters. The van der Waals surface area contributed by atoms with Gasteiger partial charge >= 0.3 is 5.97 Å². The number of rotatable bonds is 3. The molecule has 0 radical (unpaired) electrons. The fraction of sp³-hybridized carbons (Fsp3) is 0.500. The van der Waals surface area contributed by atoms with Crippen LogP contribution >= 0.6 is 0 Å². The molecule has 4 nitrogen and oxygen atoms in total. The van der Waals surface area contributed by atoms with Gasteiger partial charge in [-0.2, -0.15) is 0 Å². The summed E-state index contributed by atoms with van der Waals surface area (Å²) in [5.74, 6) is 1.00. The number of esters is 1. The van der Waals surface area contributed by atoms with E-state index >= 15 is 0 Å². The Bertz CT molecular complexity index is 419. The van der Waals surface area contributed by atoms with Crippen LogP contribution in [0.4, 0.5) is 0 Å². The van der Waals surface area contributed by atoms with E-state index in [1.807, 2.05) is 18.2 Å². The number of ether oxygens (including phenoxy) is 2. The molecule has 1 saturated heterocycles. The molecule has 1 aromatic rings. The highest BCUT2D eigenvalue weighted by Crippen LogP contribution is 2.29. The summed E-state index contributed by atoms with van der Waals surface area (Å²) in [6.45, 7) is 1.59. The van der Waals surface area contributed by atoms with Gasteiger partial charge in [-0.15, -0.1) is 0 Å². The van der Waals surface area contributed by atoms with Crippen molar-refractivity contribution in [3.05, 3.63) is 29.8 Å². The molecule has 1 fully saturated rings. The topological polar surface area (TPSA) is 47.6 Å². The molecule has 18 heavy (non-hydrogen) atoms. The minimum absolute atomic E-state index is 0.0556. The fourth-order valence-corrected chi connectivity index (χ4v) is 2.44. The van der Waals surface area contributed by atoms with Crippen molar-refractivity contribution in [3.63, 3.8) is 0 Å². The van der Waals surface area contributed by atoms with E-state index in [4.69, 9.17) is 9.47 Å². The number of carbonyl (C=O) groups excluding carboxylic acids is 1. The predicted molar refractivity (Wildman–Crippen MR) is 68.7 cm³/mol. The minimum atomic E-state index is -0.130. The third-order valence-corrected chi connectivity index (χ3v) is 3.45. The highest BCUT2D eigenvalue weighted by molar-refractivity contribution is 5.72. The summed E-state index contributed by atoms with van der Waals surface area (Å²) in [5, 5.41) is 3.29. The van der Waals surface area contributed by atoms with Gasteiger partial charge in [0.2, 0.25) is 0 Å². The van der Waals surface area contributed by atoms with Crippen LogP contribution in [-0.2, 0) is 9.53 Å². The summed E-state index contributed by atoms with van der Waals surface area (Å²) >= 11 is 0. The van der Waals surface area contributed by atoms with Gasteiger partial charge in [-0.1, -0.05) is 12.1 Å². The third-order valence-electron chi connectivity index (χ3n) is 3.45. The highest BCUT2D eigenvalue weighted by Gasteiger charge is 2.28. The maximum atomic E-state index is 11.6. The zero-order valence-corrected chi connectivity index (χ0v) is 10.8. The Kier molecular flexibility index (Phi) is 4.20. The van der Waals surface area contributed by atoms with Crippen molar-refractivity contribution >= 4 is 5.97 Å². The van der Waals surface area contributed by atoms with Crippen LogP contribution in [0.25, 0.3) is 0 Å². The second-order valence-corrected chi connectivity index (χ2v) is 4.59. The van der Waals surface area contributed by atoms with Gasteiger partial charge in [-0.05, 0) is 30.0 Å². The van der Waals surface area contributed by atoms with E-state index in [2.05, 4.69) is 11.4 Å². The lowest BCUT2D eigenvalue weighted by molar-refractivity contribution is -0.146. The average molecular weight is 249 g/mol. The van der Waals surface area contributed by atoms with Gasteiger partial charge in [0.15, 0.2) is 0 Å². The van der Waals surface area contributed by atoms with Crippen molar-refractivity contribution < 1.29 is 14.3 Å². The molecule has 0 spiro atoms. The molecular weight excluding hydrogens is 230 g/mol. The van der Waals surface area contributed by atoms with Gasteiger partial charge in [0.05, 0.1) is 20.1 Å². The molecule has 0 aromatic heterocycles. The van der Waals surface area contributed by atoms with Crippen LogP contribution in [0, 0.1) is 5.92 Å². The summed E-state index contributed by atoms with van der Waals surface area (Å²) in [6, 6.07) is 8.02. The van der Waals surface area contributed by atoms with Crippen LogP contribution in [0.15, 0.2) is 24.3 Å². The Morgan fingerprint density at radius 3 is 2.89 bits per heavy atom. The Hall–Kier alpha value is -1.55. The molecule has 0 bridgehead atoms. The van der Waals surface area contributed by atoms with E-state index in [9.17, 15) is 4.79 Å². The van der Waals surface area contributed by atoms with Gasteiger partial charge in [0, 0.05) is 13.1 Å². The summed E-state index contributed by atoms with van der Waals surface area (Å²) in [7, 11) is 3.10. The molecule has 0 unspecified atom stereocenters. The Balaban J connectivity index is 2.10. The number of nitrogens with one attached hydrogen (secondary N) is 1. The van der Waals surface area contributed by atoms with Gasteiger partial charge in [-0.25, -0.2) is 0 Å². The second kappa shape index (κ2) is 5.87. The molecule has 0 amide bonds. The van der Waals surface area contributed by atoms with Crippen molar-refractivity contribution in [2.45, 2.75) is 12.3 Å². The standard InChI is InChI=1S/C14H19NO3/c1-17-13-5-3-4-10(7-13)11-6-12(9-15-8-11)14(16)18-2/h3-5,7,11-12,15H,6,8-9H2,1-2H3/t11-,12-/m1/s1. The van der Waals surface area contributed by atoms with E-state index in [-0.39, 0.29) is 11.9 Å². The molecule has 0 aliphatic carbocycles. The van der Waals surface area contributed by atoms with Crippen molar-refractivity contribution in [1.29, 1.82) is 0 Å². The molecule has 0 saturated carbocycles. The number of piperidine rings is 1. The van der Waals surface area contributed by atoms with Crippen LogP contribution in [0.1, 0.15) is 17.9 Å². The molecule has 98 valence electrons. The van der Waals surface area contributed by atoms with E-state index in [1.165, 1.54) is 12.7 Å². The number of carbonyl (C=O) groups is 1. The van der Waals surface area contributed by atoms with Crippen molar-refractivity contribution in [1.82, 2.24) is 5.32 Å². The lowest BCUT2D eigenvalue weighted by Gasteiger charge is -2.28. The maximum Gasteiger partial charge on any atom is 0.309 e. The fourth-order valence-electron chi connectivity index (χ4n) is 2.44. The molecule has 1 aliphatic rings. The first kappa shape index (κ1) is 12.9. The average Bonchev–Trinajstić information content (AvgIpc) is 2.46. The minimum Gasteiger partial charge on any atom is -0.497 e. The van der Waals surface area contributed by atoms with Crippen LogP contribution < -0.4 is 10.1 Å². The number of hydrogen-bond acceptors (Lipinski definition) is 4. The zero-order chi connectivity index (χ0) is 13.0. The summed E-state index contributed by atoms with van der Waals surface area (Å²) < 4.78 is 10.0. The number of methoxy groups -OCH3 is 2. The molecule has 4 heteroatoms. The van der Waals surface area contributed by atoms with Gasteiger partial charge in [0.25, 0.3) is 0 Å². The highest BCUT2D eigenvalue weighted by atomic mass is 16.5. The SMILES string of the molecule is COC(=O)[C@H]1CNC[C@H](c2cccc(OC)c2)C1. The first-order valence-corrected chi connectivity index (χ1v) is 6.17. The quantitative estimate of drug-likeness (QED) is 0.826. The first-order chi connectivity index (χ1) is 8.74. The van der Waals surface area contributed by atoms with Crippen LogP contribution in [0.2, 0.25) is 0 Å². The lowest BCUT2D eigenvalue weighted by atomic mass is 9.85.